The molecule has 0 aliphatic heterocycles. The molecule has 2 aromatic carbocycles. The van der Waals surface area contributed by atoms with Crippen molar-refractivity contribution < 1.29 is 18.8 Å². The molecule has 2 rings (SSSR count). The van der Waals surface area contributed by atoms with E-state index in [1.807, 2.05) is 0 Å². The highest BCUT2D eigenvalue weighted by Crippen LogP contribution is 2.22. The first-order valence-corrected chi connectivity index (χ1v) is 9.81. The molecule has 0 aliphatic rings. The number of nitrogens with one attached hydrogen (secondary N) is 4. The first kappa shape index (κ1) is 23.2. The second-order valence-corrected chi connectivity index (χ2v) is 6.96. The van der Waals surface area contributed by atoms with Gasteiger partial charge in [0.25, 0.3) is 0 Å². The second kappa shape index (κ2) is 11.8. The van der Waals surface area contributed by atoms with E-state index in [1.54, 1.807) is 37.3 Å². The van der Waals surface area contributed by atoms with Crippen LogP contribution in [0.4, 0.5) is 14.9 Å². The van der Waals surface area contributed by atoms with Gasteiger partial charge in [-0.05, 0) is 42.3 Å². The SMILES string of the molecule is Cc1c(Cl)cccc1NC(=O)CCNC(=O)NCCNC(=O)Cc1cccc(F)c1. The van der Waals surface area contributed by atoms with Gasteiger partial charge in [-0.3, -0.25) is 9.59 Å². The van der Waals surface area contributed by atoms with Gasteiger partial charge in [-0.2, -0.15) is 0 Å². The van der Waals surface area contributed by atoms with Crippen LogP contribution in [0.2, 0.25) is 5.02 Å². The predicted octanol–water partition coefficient (Wildman–Crippen LogP) is 2.77. The lowest BCUT2D eigenvalue weighted by Gasteiger charge is -2.11. The van der Waals surface area contributed by atoms with Crippen LogP contribution in [-0.2, 0) is 16.0 Å². The van der Waals surface area contributed by atoms with Crippen LogP contribution in [0.3, 0.4) is 0 Å². The Morgan fingerprint density at radius 3 is 2.40 bits per heavy atom. The van der Waals surface area contributed by atoms with Gasteiger partial charge in [0.15, 0.2) is 0 Å². The molecule has 0 aliphatic carbocycles. The molecule has 7 nitrogen and oxygen atoms in total. The van der Waals surface area contributed by atoms with E-state index in [0.717, 1.165) is 5.56 Å². The monoisotopic (exact) mass is 434 g/mol. The fraction of sp³-hybridized carbons (Fsp3) is 0.286. The van der Waals surface area contributed by atoms with Gasteiger partial charge in [0.2, 0.25) is 11.8 Å². The smallest absolute Gasteiger partial charge is 0.314 e. The maximum atomic E-state index is 13.1. The quantitative estimate of drug-likeness (QED) is 0.457. The molecule has 0 bridgehead atoms. The van der Waals surface area contributed by atoms with Crippen LogP contribution in [0.1, 0.15) is 17.5 Å². The van der Waals surface area contributed by atoms with Gasteiger partial charge in [-0.1, -0.05) is 29.8 Å². The van der Waals surface area contributed by atoms with Crippen molar-refractivity contribution in [2.45, 2.75) is 19.8 Å². The molecule has 0 spiro atoms. The lowest BCUT2D eigenvalue weighted by molar-refractivity contribution is -0.120. The molecular weight excluding hydrogens is 411 g/mol. The van der Waals surface area contributed by atoms with Crippen molar-refractivity contribution in [2.75, 3.05) is 25.0 Å². The Hall–Kier alpha value is -3.13. The zero-order chi connectivity index (χ0) is 21.9. The van der Waals surface area contributed by atoms with Gasteiger partial charge in [-0.15, -0.1) is 0 Å². The summed E-state index contributed by atoms with van der Waals surface area (Å²) in [4.78, 5) is 35.5. The number of carbonyl (C=O) groups is 3. The van der Waals surface area contributed by atoms with Gasteiger partial charge >= 0.3 is 6.03 Å². The predicted molar refractivity (Wildman–Crippen MR) is 114 cm³/mol. The van der Waals surface area contributed by atoms with Crippen molar-refractivity contribution in [3.8, 4) is 0 Å². The Kier molecular flexibility index (Phi) is 9.08. The van der Waals surface area contributed by atoms with Gasteiger partial charge < -0.3 is 21.3 Å². The van der Waals surface area contributed by atoms with Crippen LogP contribution >= 0.6 is 11.6 Å². The van der Waals surface area contributed by atoms with Crippen molar-refractivity contribution >= 4 is 35.1 Å². The molecule has 0 aromatic heterocycles. The topological polar surface area (TPSA) is 99.3 Å². The molecule has 0 atom stereocenters. The highest BCUT2D eigenvalue weighted by molar-refractivity contribution is 6.31. The van der Waals surface area contributed by atoms with Gasteiger partial charge in [0.05, 0.1) is 6.42 Å². The zero-order valence-corrected chi connectivity index (χ0v) is 17.3. The summed E-state index contributed by atoms with van der Waals surface area (Å²) in [6, 6.07) is 10.6. The Balaban J connectivity index is 1.57. The number of benzene rings is 2. The number of anilines is 1. The lowest BCUT2D eigenvalue weighted by Crippen LogP contribution is -2.41. The van der Waals surface area contributed by atoms with Gasteiger partial charge in [-0.25, -0.2) is 9.18 Å². The lowest BCUT2D eigenvalue weighted by atomic mass is 10.1. The number of rotatable bonds is 9. The van der Waals surface area contributed by atoms with Crippen LogP contribution in [0.15, 0.2) is 42.5 Å². The Labute approximate surface area is 179 Å². The summed E-state index contributed by atoms with van der Waals surface area (Å²) in [6.45, 7) is 2.41. The summed E-state index contributed by atoms with van der Waals surface area (Å²) in [5.74, 6) is -0.906. The molecule has 30 heavy (non-hydrogen) atoms. The van der Waals surface area contributed by atoms with E-state index < -0.39 is 11.8 Å². The van der Waals surface area contributed by atoms with Gasteiger partial charge in [0, 0.05) is 36.8 Å². The highest BCUT2D eigenvalue weighted by atomic mass is 35.5. The highest BCUT2D eigenvalue weighted by Gasteiger charge is 2.08. The first-order valence-electron chi connectivity index (χ1n) is 9.43. The van der Waals surface area contributed by atoms with Crippen molar-refractivity contribution in [3.05, 3.63) is 64.4 Å². The molecule has 0 heterocycles. The zero-order valence-electron chi connectivity index (χ0n) is 16.6. The third-order valence-electron chi connectivity index (χ3n) is 4.17. The van der Waals surface area contributed by atoms with Crippen molar-refractivity contribution in [1.82, 2.24) is 16.0 Å². The summed E-state index contributed by atoms with van der Waals surface area (Å²) in [5, 5.41) is 11.1. The number of carbonyl (C=O) groups excluding carboxylic acids is 3. The van der Waals surface area contributed by atoms with Crippen molar-refractivity contribution in [2.24, 2.45) is 0 Å². The summed E-state index contributed by atoms with van der Waals surface area (Å²) in [6.07, 6.45) is 0.162. The van der Waals surface area contributed by atoms with Gasteiger partial charge in [0.1, 0.15) is 5.82 Å². The Morgan fingerprint density at radius 2 is 1.63 bits per heavy atom. The van der Waals surface area contributed by atoms with E-state index >= 15 is 0 Å². The minimum atomic E-state index is -0.443. The Morgan fingerprint density at radius 1 is 0.933 bits per heavy atom. The van der Waals surface area contributed by atoms with E-state index in [-0.39, 0.29) is 44.3 Å². The molecule has 4 N–H and O–H groups in total. The summed E-state index contributed by atoms with van der Waals surface area (Å²) >= 11 is 6.01. The van der Waals surface area contributed by atoms with Crippen LogP contribution < -0.4 is 21.3 Å². The number of hydrogen-bond acceptors (Lipinski definition) is 3. The largest absolute Gasteiger partial charge is 0.354 e. The minimum Gasteiger partial charge on any atom is -0.354 e. The molecule has 2 aromatic rings. The maximum absolute atomic E-state index is 13.1. The normalized spacial score (nSPS) is 10.2. The fourth-order valence-electron chi connectivity index (χ4n) is 2.58. The van der Waals surface area contributed by atoms with E-state index in [9.17, 15) is 18.8 Å². The minimum absolute atomic E-state index is 0.0607. The molecule has 0 radical (unpaired) electrons. The third-order valence-corrected chi connectivity index (χ3v) is 4.58. The van der Waals surface area contributed by atoms with E-state index in [0.29, 0.717) is 16.3 Å². The number of urea groups is 1. The molecule has 0 unspecified atom stereocenters. The van der Waals surface area contributed by atoms with Crippen LogP contribution in [0, 0.1) is 12.7 Å². The maximum Gasteiger partial charge on any atom is 0.314 e. The number of hydrogen-bond donors (Lipinski definition) is 4. The van der Waals surface area contributed by atoms with Crippen LogP contribution in [0.5, 0.6) is 0 Å². The summed E-state index contributed by atoms with van der Waals surface area (Å²) in [5.41, 5.74) is 1.98. The molecule has 160 valence electrons. The molecule has 0 fully saturated rings. The van der Waals surface area contributed by atoms with Crippen molar-refractivity contribution in [1.29, 1.82) is 0 Å². The molecular formula is C21H24ClFN4O3. The fourth-order valence-corrected chi connectivity index (χ4v) is 2.75. The Bertz CT molecular complexity index is 908. The molecule has 0 saturated heterocycles. The molecule has 9 heteroatoms. The number of amides is 4. The van der Waals surface area contributed by atoms with E-state index in [1.165, 1.54) is 12.1 Å². The molecule has 0 saturated carbocycles. The van der Waals surface area contributed by atoms with E-state index in [2.05, 4.69) is 21.3 Å². The standard InChI is InChI=1S/C21H24ClFN4O3/c1-14-17(22)6-3-7-18(14)27-19(28)8-9-25-21(30)26-11-10-24-20(29)13-15-4-2-5-16(23)12-15/h2-7,12H,8-11,13H2,1H3,(H,24,29)(H,27,28)(H2,25,26,30). The summed E-state index contributed by atoms with van der Waals surface area (Å²) < 4.78 is 13.1. The summed E-state index contributed by atoms with van der Waals surface area (Å²) in [7, 11) is 0. The average Bonchev–Trinajstić information content (AvgIpc) is 2.69. The average molecular weight is 435 g/mol. The van der Waals surface area contributed by atoms with Crippen molar-refractivity contribution in [3.63, 3.8) is 0 Å². The number of halogens is 2. The van der Waals surface area contributed by atoms with Crippen LogP contribution in [-0.4, -0.2) is 37.5 Å². The van der Waals surface area contributed by atoms with Crippen LogP contribution in [0.25, 0.3) is 0 Å². The first-order chi connectivity index (χ1) is 14.3. The second-order valence-electron chi connectivity index (χ2n) is 6.55. The third kappa shape index (κ3) is 8.08. The van der Waals surface area contributed by atoms with E-state index in [4.69, 9.17) is 11.6 Å². The molecule has 4 amide bonds.